The fourth-order valence-electron chi connectivity index (χ4n) is 3.92. The van der Waals surface area contributed by atoms with E-state index in [2.05, 4.69) is 29.6 Å². The summed E-state index contributed by atoms with van der Waals surface area (Å²) < 4.78 is 10.8. The van der Waals surface area contributed by atoms with Crippen LogP contribution in [0.2, 0.25) is 0 Å². The molecule has 0 radical (unpaired) electrons. The Morgan fingerprint density at radius 1 is 0.784 bits per heavy atom. The molecule has 0 aliphatic rings. The molecule has 3 rings (SSSR count). The summed E-state index contributed by atoms with van der Waals surface area (Å²) in [7, 11) is 1.19. The van der Waals surface area contributed by atoms with Gasteiger partial charge in [0.2, 0.25) is 5.91 Å². The van der Waals surface area contributed by atoms with Crippen molar-refractivity contribution in [2.24, 2.45) is 0 Å². The normalized spacial score (nSPS) is 10.5. The third-order valence-electron chi connectivity index (χ3n) is 5.82. The number of carboxylic acids is 2. The molecule has 1 amide bonds. The molecule has 0 fully saturated rings. The zero-order valence-electron chi connectivity index (χ0n) is 20.7. The SMILES string of the molecule is COc1c(C(=O)O)cc(NC(=O)CCc2ccc(OCCCCCc3ccccc3)cc2)cc1C(=O)O. The summed E-state index contributed by atoms with van der Waals surface area (Å²) in [6.07, 6.45) is 4.87. The van der Waals surface area contributed by atoms with Gasteiger partial charge in [0.05, 0.1) is 13.7 Å². The minimum absolute atomic E-state index is 0.0770. The maximum absolute atomic E-state index is 12.4. The summed E-state index contributed by atoms with van der Waals surface area (Å²) in [4.78, 5) is 35.4. The number of ether oxygens (including phenoxy) is 2. The fourth-order valence-corrected chi connectivity index (χ4v) is 3.92. The first kappa shape index (κ1) is 27.3. The number of aromatic carboxylic acids is 2. The van der Waals surface area contributed by atoms with Crippen LogP contribution in [0.1, 0.15) is 57.5 Å². The molecular formula is C29H31NO7. The van der Waals surface area contributed by atoms with E-state index in [9.17, 15) is 24.6 Å². The van der Waals surface area contributed by atoms with E-state index in [1.54, 1.807) is 0 Å². The molecule has 0 spiro atoms. The van der Waals surface area contributed by atoms with Crippen molar-refractivity contribution in [2.45, 2.75) is 38.5 Å². The van der Waals surface area contributed by atoms with Gasteiger partial charge in [-0.15, -0.1) is 0 Å². The van der Waals surface area contributed by atoms with E-state index >= 15 is 0 Å². The number of carbonyl (C=O) groups excluding carboxylic acids is 1. The van der Waals surface area contributed by atoms with Crippen molar-refractivity contribution in [1.82, 2.24) is 0 Å². The molecule has 0 aliphatic carbocycles. The first-order chi connectivity index (χ1) is 17.9. The monoisotopic (exact) mass is 505 g/mol. The van der Waals surface area contributed by atoms with Crippen LogP contribution < -0.4 is 14.8 Å². The Kier molecular flexibility index (Phi) is 10.1. The van der Waals surface area contributed by atoms with E-state index in [4.69, 9.17) is 9.47 Å². The van der Waals surface area contributed by atoms with Crippen LogP contribution in [0.15, 0.2) is 66.7 Å². The Morgan fingerprint density at radius 3 is 2.00 bits per heavy atom. The molecule has 0 heterocycles. The number of carbonyl (C=O) groups is 3. The van der Waals surface area contributed by atoms with E-state index in [1.165, 1.54) is 24.8 Å². The van der Waals surface area contributed by atoms with Gasteiger partial charge in [-0.2, -0.15) is 0 Å². The molecule has 37 heavy (non-hydrogen) atoms. The summed E-state index contributed by atoms with van der Waals surface area (Å²) in [5, 5.41) is 21.3. The smallest absolute Gasteiger partial charge is 0.339 e. The van der Waals surface area contributed by atoms with Crippen LogP contribution in [0.3, 0.4) is 0 Å². The summed E-state index contributed by atoms with van der Waals surface area (Å²) in [6, 6.07) is 20.3. The average Bonchev–Trinajstić information content (AvgIpc) is 2.90. The van der Waals surface area contributed by atoms with Gasteiger partial charge in [0.1, 0.15) is 22.6 Å². The Labute approximate surface area is 215 Å². The van der Waals surface area contributed by atoms with Crippen molar-refractivity contribution < 1.29 is 34.1 Å². The zero-order valence-corrected chi connectivity index (χ0v) is 20.7. The van der Waals surface area contributed by atoms with Gasteiger partial charge in [-0.25, -0.2) is 9.59 Å². The maximum atomic E-state index is 12.4. The lowest BCUT2D eigenvalue weighted by molar-refractivity contribution is -0.116. The Hall–Kier alpha value is -4.33. The second kappa shape index (κ2) is 13.7. The zero-order chi connectivity index (χ0) is 26.6. The van der Waals surface area contributed by atoms with Gasteiger partial charge in [-0.05, 0) is 67.5 Å². The van der Waals surface area contributed by atoms with Crippen LogP contribution in [0.5, 0.6) is 11.5 Å². The van der Waals surface area contributed by atoms with Gasteiger partial charge >= 0.3 is 11.9 Å². The lowest BCUT2D eigenvalue weighted by Gasteiger charge is -2.12. The lowest BCUT2D eigenvalue weighted by atomic mass is 10.1. The number of rotatable bonds is 14. The third-order valence-corrected chi connectivity index (χ3v) is 5.82. The highest BCUT2D eigenvalue weighted by atomic mass is 16.5. The van der Waals surface area contributed by atoms with Gasteiger partial charge in [0.25, 0.3) is 0 Å². The second-order valence-electron chi connectivity index (χ2n) is 8.55. The number of hydrogen-bond acceptors (Lipinski definition) is 5. The van der Waals surface area contributed by atoms with Gasteiger partial charge in [0, 0.05) is 12.1 Å². The number of hydrogen-bond donors (Lipinski definition) is 3. The number of aryl methyl sites for hydroxylation is 2. The largest absolute Gasteiger partial charge is 0.495 e. The van der Waals surface area contributed by atoms with Crippen LogP contribution in [0.25, 0.3) is 0 Å². The molecule has 3 N–H and O–H groups in total. The standard InChI is InChI=1S/C29H31NO7/c1-36-27-24(28(32)33)18-22(19-25(27)29(34)35)30-26(31)16-13-21-11-14-23(15-12-21)37-17-7-3-6-10-20-8-4-2-5-9-20/h2,4-5,8-9,11-12,14-15,18-19H,3,6-7,10,13,16-17H2,1H3,(H,30,31)(H,32,33)(H,34,35). The molecule has 8 heteroatoms. The van der Waals surface area contributed by atoms with Gasteiger partial charge in [-0.3, -0.25) is 4.79 Å². The average molecular weight is 506 g/mol. The summed E-state index contributed by atoms with van der Waals surface area (Å²) in [6.45, 7) is 0.648. The molecular weight excluding hydrogens is 474 g/mol. The molecule has 3 aromatic rings. The molecule has 8 nitrogen and oxygen atoms in total. The van der Waals surface area contributed by atoms with Crippen LogP contribution in [-0.2, 0) is 17.6 Å². The topological polar surface area (TPSA) is 122 Å². The van der Waals surface area contributed by atoms with Gasteiger partial charge in [0.15, 0.2) is 0 Å². The summed E-state index contributed by atoms with van der Waals surface area (Å²) in [5.74, 6) is -2.58. The van der Waals surface area contributed by atoms with E-state index in [0.29, 0.717) is 13.0 Å². The highest BCUT2D eigenvalue weighted by Gasteiger charge is 2.21. The van der Waals surface area contributed by atoms with Crippen LogP contribution >= 0.6 is 0 Å². The van der Waals surface area contributed by atoms with Crippen molar-refractivity contribution in [1.29, 1.82) is 0 Å². The Balaban J connectivity index is 1.43. The molecule has 194 valence electrons. The summed E-state index contributed by atoms with van der Waals surface area (Å²) in [5.41, 5.74) is 1.69. The second-order valence-corrected chi connectivity index (χ2v) is 8.55. The van der Waals surface area contributed by atoms with Gasteiger partial charge < -0.3 is 25.0 Å². The van der Waals surface area contributed by atoms with Crippen molar-refractivity contribution in [3.8, 4) is 11.5 Å². The number of methoxy groups -OCH3 is 1. The number of unbranched alkanes of at least 4 members (excludes halogenated alkanes) is 2. The number of carboxylic acid groups (broad SMARTS) is 2. The number of amides is 1. The highest BCUT2D eigenvalue weighted by Crippen LogP contribution is 2.29. The van der Waals surface area contributed by atoms with Crippen LogP contribution in [0.4, 0.5) is 5.69 Å². The predicted molar refractivity (Wildman–Crippen MR) is 140 cm³/mol. The Bertz CT molecular complexity index is 1170. The molecule has 0 unspecified atom stereocenters. The molecule has 0 aliphatic heterocycles. The first-order valence-corrected chi connectivity index (χ1v) is 12.1. The maximum Gasteiger partial charge on any atom is 0.339 e. The summed E-state index contributed by atoms with van der Waals surface area (Å²) >= 11 is 0. The quantitative estimate of drug-likeness (QED) is 0.249. The van der Waals surface area contributed by atoms with Crippen molar-refractivity contribution >= 4 is 23.5 Å². The predicted octanol–water partition coefficient (Wildman–Crippen LogP) is 5.45. The van der Waals surface area contributed by atoms with E-state index < -0.39 is 11.9 Å². The minimum Gasteiger partial charge on any atom is -0.495 e. The number of nitrogens with one attached hydrogen (secondary N) is 1. The Morgan fingerprint density at radius 2 is 1.41 bits per heavy atom. The van der Waals surface area contributed by atoms with Crippen LogP contribution in [0, 0.1) is 0 Å². The number of benzene rings is 3. The molecule has 0 bridgehead atoms. The molecule has 0 aromatic heterocycles. The number of anilines is 1. The third kappa shape index (κ3) is 8.38. The molecule has 3 aromatic carbocycles. The van der Waals surface area contributed by atoms with E-state index in [0.717, 1.165) is 37.0 Å². The van der Waals surface area contributed by atoms with Gasteiger partial charge in [-0.1, -0.05) is 42.5 Å². The van der Waals surface area contributed by atoms with E-state index in [-0.39, 0.29) is 34.9 Å². The van der Waals surface area contributed by atoms with Crippen molar-refractivity contribution in [3.63, 3.8) is 0 Å². The van der Waals surface area contributed by atoms with Crippen molar-refractivity contribution in [3.05, 3.63) is 89.0 Å². The molecule has 0 saturated heterocycles. The van der Waals surface area contributed by atoms with Crippen LogP contribution in [-0.4, -0.2) is 41.8 Å². The lowest BCUT2D eigenvalue weighted by Crippen LogP contribution is -2.15. The minimum atomic E-state index is -1.36. The highest BCUT2D eigenvalue weighted by molar-refractivity contribution is 6.02. The molecule has 0 saturated carbocycles. The molecule has 0 atom stereocenters. The fraction of sp³-hybridized carbons (Fsp3) is 0.276. The van der Waals surface area contributed by atoms with Crippen molar-refractivity contribution in [2.75, 3.05) is 19.0 Å². The first-order valence-electron chi connectivity index (χ1n) is 12.1. The van der Waals surface area contributed by atoms with E-state index in [1.807, 2.05) is 30.3 Å².